The third-order valence-electron chi connectivity index (χ3n) is 6.27. The quantitative estimate of drug-likeness (QED) is 0.294. The Morgan fingerprint density at radius 2 is 1.69 bits per heavy atom. The van der Waals surface area contributed by atoms with Crippen molar-refractivity contribution < 1.29 is 18.4 Å². The zero-order valence-electron chi connectivity index (χ0n) is 20.9. The highest BCUT2D eigenvalue weighted by Crippen LogP contribution is 2.30. The van der Waals surface area contributed by atoms with Gasteiger partial charge < -0.3 is 15.2 Å². The first kappa shape index (κ1) is 25.5. The van der Waals surface area contributed by atoms with E-state index in [-0.39, 0.29) is 23.6 Å². The molecule has 2 N–H and O–H groups in total. The first-order valence-electron chi connectivity index (χ1n) is 12.1. The third-order valence-corrected chi connectivity index (χ3v) is 6.27. The van der Waals surface area contributed by atoms with Crippen LogP contribution in [0.25, 0.3) is 27.9 Å². The summed E-state index contributed by atoms with van der Waals surface area (Å²) in [5, 5.41) is 5.30. The molecule has 0 saturated heterocycles. The monoisotopic (exact) mass is 527 g/mol. The molecule has 0 aliphatic heterocycles. The molecule has 39 heavy (non-hydrogen) atoms. The lowest BCUT2D eigenvalue weighted by molar-refractivity contribution is -0.116. The first-order chi connectivity index (χ1) is 18.8. The molecule has 0 saturated carbocycles. The molecule has 5 rings (SSSR count). The summed E-state index contributed by atoms with van der Waals surface area (Å²) in [6.45, 7) is 5.10. The molecule has 8 nitrogen and oxygen atoms in total. The van der Waals surface area contributed by atoms with E-state index in [0.29, 0.717) is 40.0 Å². The fraction of sp³-hybridized carbons (Fsp3) is 0.103. The van der Waals surface area contributed by atoms with Gasteiger partial charge in [0.1, 0.15) is 6.54 Å². The van der Waals surface area contributed by atoms with Crippen LogP contribution in [0.5, 0.6) is 0 Å². The van der Waals surface area contributed by atoms with E-state index in [1.165, 1.54) is 10.5 Å². The van der Waals surface area contributed by atoms with E-state index in [1.54, 1.807) is 53.1 Å². The van der Waals surface area contributed by atoms with Gasteiger partial charge in [-0.3, -0.25) is 14.4 Å². The van der Waals surface area contributed by atoms with Crippen LogP contribution in [0.3, 0.4) is 0 Å². The van der Waals surface area contributed by atoms with Gasteiger partial charge >= 0.3 is 0 Å². The SMILES string of the molecule is C=CC(=O)Nc1ccccc1-c1c(CC)nc2n(CC(=O)Nc3ccc(F)c(F)c3)c3ccccc3n2c1=O. The lowest BCUT2D eigenvalue weighted by atomic mass is 10.0. The van der Waals surface area contributed by atoms with Crippen molar-refractivity contribution in [3.05, 3.63) is 107 Å². The van der Waals surface area contributed by atoms with Crippen molar-refractivity contribution in [1.29, 1.82) is 0 Å². The van der Waals surface area contributed by atoms with Crippen molar-refractivity contribution in [3.8, 4) is 11.1 Å². The lowest BCUT2D eigenvalue weighted by Crippen LogP contribution is -2.23. The largest absolute Gasteiger partial charge is 0.324 e. The molecular formula is C29H23F2N5O3. The fourth-order valence-corrected chi connectivity index (χ4v) is 4.53. The van der Waals surface area contributed by atoms with Crippen LogP contribution in [0, 0.1) is 11.6 Å². The number of amides is 2. The van der Waals surface area contributed by atoms with Gasteiger partial charge in [0.05, 0.1) is 22.3 Å². The molecule has 2 aromatic heterocycles. The van der Waals surface area contributed by atoms with E-state index in [9.17, 15) is 23.2 Å². The van der Waals surface area contributed by atoms with Gasteiger partial charge in [-0.1, -0.05) is 43.8 Å². The van der Waals surface area contributed by atoms with Crippen LogP contribution in [-0.2, 0) is 22.6 Å². The number of hydrogen-bond donors (Lipinski definition) is 2. The maximum Gasteiger partial charge on any atom is 0.267 e. The molecule has 3 aromatic carbocycles. The van der Waals surface area contributed by atoms with Gasteiger partial charge in [0.15, 0.2) is 11.6 Å². The number of fused-ring (bicyclic) bond motifs is 3. The topological polar surface area (TPSA) is 97.5 Å². The van der Waals surface area contributed by atoms with E-state index in [1.807, 2.05) is 6.92 Å². The number of nitrogens with one attached hydrogen (secondary N) is 2. The summed E-state index contributed by atoms with van der Waals surface area (Å²) in [7, 11) is 0. The van der Waals surface area contributed by atoms with Crippen molar-refractivity contribution in [2.45, 2.75) is 19.9 Å². The summed E-state index contributed by atoms with van der Waals surface area (Å²) in [6.07, 6.45) is 1.54. The molecule has 0 aliphatic carbocycles. The van der Waals surface area contributed by atoms with Crippen LogP contribution in [0.15, 0.2) is 84.2 Å². The average Bonchev–Trinajstić information content (AvgIpc) is 3.24. The number of benzene rings is 3. The molecule has 10 heteroatoms. The number of anilines is 2. The summed E-state index contributed by atoms with van der Waals surface area (Å²) in [5.41, 5.74) is 2.58. The fourth-order valence-electron chi connectivity index (χ4n) is 4.53. The smallest absolute Gasteiger partial charge is 0.267 e. The number of rotatable bonds is 7. The Labute approximate surface area is 221 Å². The summed E-state index contributed by atoms with van der Waals surface area (Å²) in [5.74, 6) is -2.79. The average molecular weight is 528 g/mol. The molecule has 0 atom stereocenters. The predicted molar refractivity (Wildman–Crippen MR) is 146 cm³/mol. The molecule has 0 aliphatic rings. The molecule has 0 bridgehead atoms. The Kier molecular flexibility index (Phi) is 6.76. The summed E-state index contributed by atoms with van der Waals surface area (Å²) < 4.78 is 30.0. The van der Waals surface area contributed by atoms with Crippen molar-refractivity contribution in [2.75, 3.05) is 10.6 Å². The maximum absolute atomic E-state index is 14.1. The van der Waals surface area contributed by atoms with Crippen molar-refractivity contribution in [2.24, 2.45) is 0 Å². The van der Waals surface area contributed by atoms with Gasteiger partial charge in [0, 0.05) is 23.0 Å². The number of carbonyl (C=O) groups excluding carboxylic acids is 2. The van der Waals surface area contributed by atoms with Crippen molar-refractivity contribution in [1.82, 2.24) is 14.0 Å². The van der Waals surface area contributed by atoms with Crippen molar-refractivity contribution >= 4 is 40.0 Å². The molecular weight excluding hydrogens is 504 g/mol. The van der Waals surface area contributed by atoms with Crippen LogP contribution in [-0.4, -0.2) is 25.8 Å². The second kappa shape index (κ2) is 10.3. The Morgan fingerprint density at radius 1 is 0.974 bits per heavy atom. The zero-order chi connectivity index (χ0) is 27.7. The van der Waals surface area contributed by atoms with Gasteiger partial charge in [-0.25, -0.2) is 18.2 Å². The van der Waals surface area contributed by atoms with Crippen molar-refractivity contribution in [3.63, 3.8) is 0 Å². The van der Waals surface area contributed by atoms with Crippen LogP contribution >= 0.6 is 0 Å². The minimum absolute atomic E-state index is 0.0968. The number of nitrogens with zero attached hydrogens (tertiary/aromatic N) is 3. The molecule has 196 valence electrons. The lowest BCUT2D eigenvalue weighted by Gasteiger charge is -2.14. The zero-order valence-corrected chi connectivity index (χ0v) is 20.9. The number of aryl methyl sites for hydroxylation is 1. The Balaban J connectivity index is 1.67. The van der Waals surface area contributed by atoms with E-state index >= 15 is 0 Å². The number of carbonyl (C=O) groups is 2. The number of para-hydroxylation sites is 3. The predicted octanol–water partition coefficient (Wildman–Crippen LogP) is 4.92. The second-order valence-electron chi connectivity index (χ2n) is 8.72. The number of aromatic nitrogens is 3. The minimum Gasteiger partial charge on any atom is -0.324 e. The Morgan fingerprint density at radius 3 is 2.41 bits per heavy atom. The highest BCUT2D eigenvalue weighted by Gasteiger charge is 2.22. The van der Waals surface area contributed by atoms with Crippen LogP contribution in [0.4, 0.5) is 20.2 Å². The molecule has 0 spiro atoms. The molecule has 0 radical (unpaired) electrons. The highest BCUT2D eigenvalue weighted by atomic mass is 19.2. The van der Waals surface area contributed by atoms with Gasteiger partial charge in [-0.05, 0) is 42.8 Å². The second-order valence-corrected chi connectivity index (χ2v) is 8.72. The molecule has 2 heterocycles. The highest BCUT2D eigenvalue weighted by molar-refractivity contribution is 6.02. The van der Waals surface area contributed by atoms with Crippen LogP contribution < -0.4 is 16.2 Å². The van der Waals surface area contributed by atoms with Gasteiger partial charge in [0.25, 0.3) is 5.56 Å². The minimum atomic E-state index is -1.08. The first-order valence-corrected chi connectivity index (χ1v) is 12.1. The normalized spacial score (nSPS) is 11.1. The Bertz CT molecular complexity index is 1840. The summed E-state index contributed by atoms with van der Waals surface area (Å²) >= 11 is 0. The number of hydrogen-bond acceptors (Lipinski definition) is 4. The Hall–Kier alpha value is -5.12. The standard InChI is InChI=1S/C29H23F2N5O3/c1-3-21-27(18-9-5-6-10-22(18)33-25(37)4-2)28(39)36-24-12-8-7-11-23(24)35(29(36)34-21)16-26(38)32-17-13-14-19(30)20(31)15-17/h4-15H,2-3,16H2,1H3,(H,32,38)(H,33,37). The number of imidazole rings is 1. The molecule has 0 fully saturated rings. The summed E-state index contributed by atoms with van der Waals surface area (Å²) in [6, 6.07) is 17.1. The van der Waals surface area contributed by atoms with E-state index in [0.717, 1.165) is 18.2 Å². The van der Waals surface area contributed by atoms with E-state index in [4.69, 9.17) is 4.98 Å². The molecule has 5 aromatic rings. The third kappa shape index (κ3) is 4.68. The van der Waals surface area contributed by atoms with E-state index in [2.05, 4.69) is 17.2 Å². The summed E-state index contributed by atoms with van der Waals surface area (Å²) in [4.78, 5) is 43.9. The maximum atomic E-state index is 14.1. The van der Waals surface area contributed by atoms with Gasteiger partial charge in [-0.2, -0.15) is 0 Å². The molecule has 0 unspecified atom stereocenters. The number of halogens is 2. The van der Waals surface area contributed by atoms with Crippen LogP contribution in [0.2, 0.25) is 0 Å². The molecule has 2 amide bonds. The van der Waals surface area contributed by atoms with Gasteiger partial charge in [0.2, 0.25) is 17.6 Å². The van der Waals surface area contributed by atoms with Gasteiger partial charge in [-0.15, -0.1) is 0 Å². The van der Waals surface area contributed by atoms with Crippen LogP contribution in [0.1, 0.15) is 12.6 Å². The van der Waals surface area contributed by atoms with E-state index < -0.39 is 23.4 Å².